The van der Waals surface area contributed by atoms with Gasteiger partial charge in [-0.3, -0.25) is 9.10 Å². The maximum atomic E-state index is 13.7. The highest BCUT2D eigenvalue weighted by atomic mass is 32.2. The zero-order valence-corrected chi connectivity index (χ0v) is 23.1. The fourth-order valence-corrected chi connectivity index (χ4v) is 5.90. The zero-order valence-electron chi connectivity index (χ0n) is 22.2. The van der Waals surface area contributed by atoms with Crippen molar-refractivity contribution in [3.8, 4) is 11.5 Å². The van der Waals surface area contributed by atoms with Crippen molar-refractivity contribution in [1.29, 1.82) is 0 Å². The van der Waals surface area contributed by atoms with Gasteiger partial charge in [-0.1, -0.05) is 44.9 Å². The minimum Gasteiger partial charge on any atom is -0.493 e. The van der Waals surface area contributed by atoms with Gasteiger partial charge >= 0.3 is 0 Å². The standard InChI is InChI=1S/C28H38FN3O5S/c1-36-26-19-18-25(20-27(26)37-2)38(34,35)32(24-16-14-22(29)15-17-24)21-28(33)31-30-23-12-10-8-6-4-3-5-7-9-11-13-23/h14-20H,3-13,21H2,1-2H3,(H,31,33). The molecule has 1 saturated carbocycles. The highest BCUT2D eigenvalue weighted by molar-refractivity contribution is 7.92. The Labute approximate surface area is 225 Å². The lowest BCUT2D eigenvalue weighted by Gasteiger charge is -2.24. The number of hydrogen-bond acceptors (Lipinski definition) is 6. The summed E-state index contributed by atoms with van der Waals surface area (Å²) < 4.78 is 52.3. The van der Waals surface area contributed by atoms with Crippen LogP contribution < -0.4 is 19.2 Å². The molecule has 0 saturated heterocycles. The quantitative estimate of drug-likeness (QED) is 0.421. The molecule has 0 aromatic heterocycles. The Balaban J connectivity index is 1.81. The van der Waals surface area contributed by atoms with Gasteiger partial charge in [0.1, 0.15) is 12.4 Å². The SMILES string of the molecule is COc1ccc(S(=O)(=O)N(CC(=O)NN=C2CCCCCCCCCCC2)c2ccc(F)cc2)cc1OC. The van der Waals surface area contributed by atoms with Crippen LogP contribution in [0.25, 0.3) is 0 Å². The number of sulfonamides is 1. The van der Waals surface area contributed by atoms with Crippen LogP contribution >= 0.6 is 0 Å². The van der Waals surface area contributed by atoms with Gasteiger partial charge in [-0.25, -0.2) is 18.2 Å². The average molecular weight is 548 g/mol. The average Bonchev–Trinajstić information content (AvgIpc) is 2.91. The van der Waals surface area contributed by atoms with Gasteiger partial charge in [0, 0.05) is 11.8 Å². The number of carbonyl (C=O) groups is 1. The lowest BCUT2D eigenvalue weighted by atomic mass is 10.00. The minimum atomic E-state index is -4.22. The molecule has 8 nitrogen and oxygen atoms in total. The molecule has 0 unspecified atom stereocenters. The Morgan fingerprint density at radius 1 is 0.868 bits per heavy atom. The second-order valence-corrected chi connectivity index (χ2v) is 11.3. The van der Waals surface area contributed by atoms with Crippen molar-refractivity contribution >= 4 is 27.3 Å². The van der Waals surface area contributed by atoms with E-state index < -0.39 is 28.3 Å². The van der Waals surface area contributed by atoms with E-state index in [1.165, 1.54) is 76.7 Å². The fraction of sp³-hybridized carbons (Fsp3) is 0.500. The van der Waals surface area contributed by atoms with E-state index in [-0.39, 0.29) is 16.3 Å². The van der Waals surface area contributed by atoms with Crippen LogP contribution in [0, 0.1) is 5.82 Å². The summed E-state index contributed by atoms with van der Waals surface area (Å²) in [6, 6.07) is 9.11. The first-order chi connectivity index (χ1) is 18.3. The van der Waals surface area contributed by atoms with E-state index in [1.54, 1.807) is 0 Å². The Morgan fingerprint density at radius 2 is 1.42 bits per heavy atom. The predicted molar refractivity (Wildman–Crippen MR) is 147 cm³/mol. The third-order valence-corrected chi connectivity index (χ3v) is 8.38. The molecule has 2 aromatic carbocycles. The van der Waals surface area contributed by atoms with Crippen LogP contribution in [-0.2, 0) is 14.8 Å². The van der Waals surface area contributed by atoms with Gasteiger partial charge in [0.15, 0.2) is 11.5 Å². The first-order valence-corrected chi connectivity index (χ1v) is 14.6. The molecule has 1 N–H and O–H groups in total. The van der Waals surface area contributed by atoms with Gasteiger partial charge in [-0.15, -0.1) is 0 Å². The first-order valence-electron chi connectivity index (χ1n) is 13.2. The molecular weight excluding hydrogens is 509 g/mol. The van der Waals surface area contributed by atoms with Crippen LogP contribution in [0.1, 0.15) is 70.6 Å². The van der Waals surface area contributed by atoms with Crippen LogP contribution in [0.15, 0.2) is 52.5 Å². The number of ether oxygens (including phenoxy) is 2. The molecule has 0 radical (unpaired) electrons. The predicted octanol–water partition coefficient (Wildman–Crippen LogP) is 5.82. The minimum absolute atomic E-state index is 0.0992. The number of benzene rings is 2. The molecule has 208 valence electrons. The van der Waals surface area contributed by atoms with Crippen molar-refractivity contribution in [3.05, 3.63) is 48.3 Å². The van der Waals surface area contributed by atoms with Crippen molar-refractivity contribution in [3.63, 3.8) is 0 Å². The van der Waals surface area contributed by atoms with Gasteiger partial charge < -0.3 is 9.47 Å². The summed E-state index contributed by atoms with van der Waals surface area (Å²) in [4.78, 5) is 12.9. The van der Waals surface area contributed by atoms with E-state index in [0.29, 0.717) is 5.75 Å². The van der Waals surface area contributed by atoms with Gasteiger partial charge in [0.2, 0.25) is 0 Å². The molecule has 38 heavy (non-hydrogen) atoms. The van der Waals surface area contributed by atoms with Crippen LogP contribution in [0.4, 0.5) is 10.1 Å². The fourth-order valence-electron chi connectivity index (χ4n) is 4.47. The number of halogens is 1. The summed E-state index contributed by atoms with van der Waals surface area (Å²) in [5.74, 6) is -0.510. The summed E-state index contributed by atoms with van der Waals surface area (Å²) in [7, 11) is -1.37. The molecule has 1 amide bonds. The highest BCUT2D eigenvalue weighted by Crippen LogP contribution is 2.32. The highest BCUT2D eigenvalue weighted by Gasteiger charge is 2.28. The number of nitrogens with zero attached hydrogens (tertiary/aromatic N) is 2. The number of anilines is 1. The summed E-state index contributed by atoms with van der Waals surface area (Å²) in [6.45, 7) is -0.529. The Hall–Kier alpha value is -3.14. The van der Waals surface area contributed by atoms with Crippen molar-refractivity contribution < 1.29 is 27.1 Å². The van der Waals surface area contributed by atoms with Gasteiger partial charge in [-0.05, 0) is 62.1 Å². The lowest BCUT2D eigenvalue weighted by Crippen LogP contribution is -2.39. The van der Waals surface area contributed by atoms with Gasteiger partial charge in [-0.2, -0.15) is 5.10 Å². The summed E-state index contributed by atoms with van der Waals surface area (Å²) >= 11 is 0. The molecule has 1 aliphatic carbocycles. The van der Waals surface area contributed by atoms with Crippen LogP contribution in [0.2, 0.25) is 0 Å². The molecule has 0 atom stereocenters. The van der Waals surface area contributed by atoms with Gasteiger partial charge in [0.25, 0.3) is 15.9 Å². The summed E-state index contributed by atoms with van der Waals surface area (Å²) in [5, 5.41) is 4.38. The zero-order chi connectivity index (χ0) is 27.4. The maximum Gasteiger partial charge on any atom is 0.264 e. The molecule has 1 fully saturated rings. The smallest absolute Gasteiger partial charge is 0.264 e. The van der Waals surface area contributed by atoms with E-state index in [9.17, 15) is 17.6 Å². The molecule has 10 heteroatoms. The molecule has 0 aliphatic heterocycles. The normalized spacial score (nSPS) is 15.5. The van der Waals surface area contributed by atoms with E-state index in [2.05, 4.69) is 10.5 Å². The van der Waals surface area contributed by atoms with E-state index >= 15 is 0 Å². The van der Waals surface area contributed by atoms with Crippen LogP contribution in [0.5, 0.6) is 11.5 Å². The van der Waals surface area contributed by atoms with Gasteiger partial charge in [0.05, 0.1) is 24.8 Å². The number of hydrazone groups is 1. The van der Waals surface area contributed by atoms with Crippen molar-refractivity contribution in [2.24, 2.45) is 5.10 Å². The second kappa shape index (κ2) is 14.7. The number of amides is 1. The monoisotopic (exact) mass is 547 g/mol. The Kier molecular flexibility index (Phi) is 11.4. The number of rotatable bonds is 8. The summed E-state index contributed by atoms with van der Waals surface area (Å²) in [5.41, 5.74) is 3.64. The molecule has 0 spiro atoms. The topological polar surface area (TPSA) is 97.3 Å². The van der Waals surface area contributed by atoms with Crippen LogP contribution in [0.3, 0.4) is 0 Å². The van der Waals surface area contributed by atoms with Crippen molar-refractivity contribution in [1.82, 2.24) is 5.43 Å². The molecule has 0 heterocycles. The van der Waals surface area contributed by atoms with E-state index in [0.717, 1.165) is 60.7 Å². The number of carbonyl (C=O) groups excluding carboxylic acids is 1. The number of methoxy groups -OCH3 is 2. The van der Waals surface area contributed by atoms with Crippen molar-refractivity contribution in [2.75, 3.05) is 25.1 Å². The number of hydrogen-bond donors (Lipinski definition) is 1. The molecule has 1 aliphatic rings. The van der Waals surface area contributed by atoms with Crippen molar-refractivity contribution in [2.45, 2.75) is 75.5 Å². The Bertz CT molecular complexity index is 1170. The first kappa shape index (κ1) is 29.4. The second-order valence-electron chi connectivity index (χ2n) is 9.40. The lowest BCUT2D eigenvalue weighted by molar-refractivity contribution is -0.119. The maximum absolute atomic E-state index is 13.7. The number of nitrogens with one attached hydrogen (secondary N) is 1. The molecular formula is C28H38FN3O5S. The molecule has 2 aromatic rings. The molecule has 3 rings (SSSR count). The third kappa shape index (κ3) is 8.44. The van der Waals surface area contributed by atoms with E-state index in [1.807, 2.05) is 0 Å². The van der Waals surface area contributed by atoms with Crippen LogP contribution in [-0.4, -0.2) is 40.8 Å². The van der Waals surface area contributed by atoms with E-state index in [4.69, 9.17) is 9.47 Å². The Morgan fingerprint density at radius 3 is 1.97 bits per heavy atom. The molecule has 0 bridgehead atoms. The largest absolute Gasteiger partial charge is 0.493 e. The third-order valence-electron chi connectivity index (χ3n) is 6.61. The summed E-state index contributed by atoms with van der Waals surface area (Å²) in [6.07, 6.45) is 12.2.